The fraction of sp³-hybridized carbons (Fsp3) is 0.500. The summed E-state index contributed by atoms with van der Waals surface area (Å²) in [6.07, 6.45) is 0. The molecule has 0 radical (unpaired) electrons. The van der Waals surface area contributed by atoms with Gasteiger partial charge in [0.25, 0.3) is 0 Å². The summed E-state index contributed by atoms with van der Waals surface area (Å²) in [5.74, 6) is -0.918. The molecular formula is C4H7NO2Se2. The molecule has 0 saturated carbocycles. The second kappa shape index (κ2) is 5.15. The Hall–Kier alpha value is 0.339. The van der Waals surface area contributed by atoms with E-state index in [1.54, 1.807) is 0 Å². The maximum atomic E-state index is 10.1. The second-order valence-electron chi connectivity index (χ2n) is 1.37. The van der Waals surface area contributed by atoms with E-state index in [0.717, 1.165) is 0 Å². The first-order chi connectivity index (χ1) is 4.18. The number of aliphatic carboxylic acids is 1. The molecule has 52 valence electrons. The minimum atomic E-state index is -0.918. The van der Waals surface area contributed by atoms with Gasteiger partial charge in [0.15, 0.2) is 0 Å². The zero-order chi connectivity index (χ0) is 7.28. The van der Waals surface area contributed by atoms with Crippen LogP contribution < -0.4 is 5.73 Å². The average Bonchev–Trinajstić information content (AvgIpc) is 1.82. The van der Waals surface area contributed by atoms with Crippen molar-refractivity contribution in [2.24, 2.45) is 5.73 Å². The molecule has 0 rings (SSSR count). The van der Waals surface area contributed by atoms with Crippen molar-refractivity contribution in [3.63, 3.8) is 0 Å². The summed E-state index contributed by atoms with van der Waals surface area (Å²) in [7, 11) is 0. The fourth-order valence-electron chi connectivity index (χ4n) is 0.214. The Morgan fingerprint density at radius 2 is 2.56 bits per heavy atom. The molecule has 0 aliphatic carbocycles. The Bertz CT molecular complexity index is 117. The first kappa shape index (κ1) is 9.34. The van der Waals surface area contributed by atoms with Gasteiger partial charge < -0.3 is 0 Å². The monoisotopic (exact) mass is 261 g/mol. The molecule has 3 nitrogen and oxygen atoms in total. The first-order valence-electron chi connectivity index (χ1n) is 2.22. The molecule has 0 unspecified atom stereocenters. The molecular weight excluding hydrogens is 252 g/mol. The Balaban J connectivity index is 3.37. The van der Waals surface area contributed by atoms with E-state index >= 15 is 0 Å². The summed E-state index contributed by atoms with van der Waals surface area (Å²) in [6.45, 7) is 0. The summed E-state index contributed by atoms with van der Waals surface area (Å²) in [5, 5.41) is 8.83. The SMILES string of the molecule is N[C@H](C[Se]C=[Se])C(=O)O. The number of carboxylic acid groups (broad SMARTS) is 1. The van der Waals surface area contributed by atoms with Crippen molar-refractivity contribution < 1.29 is 9.90 Å². The molecule has 5 heteroatoms. The average molecular weight is 259 g/mol. The normalized spacial score (nSPS) is 12.6. The van der Waals surface area contributed by atoms with Crippen molar-refractivity contribution in [3.05, 3.63) is 0 Å². The maximum absolute atomic E-state index is 10.1. The Kier molecular flexibility index (Phi) is 5.34. The number of nitrogens with two attached hydrogens (primary N) is 1. The van der Waals surface area contributed by atoms with Crippen LogP contribution in [-0.2, 0) is 4.79 Å². The second-order valence-corrected chi connectivity index (χ2v) is 5.27. The van der Waals surface area contributed by atoms with Crippen molar-refractivity contribution in [1.29, 1.82) is 0 Å². The molecule has 0 saturated heterocycles. The predicted octanol–water partition coefficient (Wildman–Crippen LogP) is -1.55. The van der Waals surface area contributed by atoms with Crippen LogP contribution in [0.4, 0.5) is 0 Å². The molecule has 0 aromatic carbocycles. The summed E-state index contributed by atoms with van der Waals surface area (Å²) in [5.41, 5.74) is 5.18. The van der Waals surface area contributed by atoms with Gasteiger partial charge in [0.2, 0.25) is 0 Å². The van der Waals surface area contributed by atoms with Gasteiger partial charge in [0.05, 0.1) is 0 Å². The van der Waals surface area contributed by atoms with Crippen molar-refractivity contribution in [2.45, 2.75) is 11.4 Å². The molecule has 0 spiro atoms. The molecule has 0 heterocycles. The van der Waals surface area contributed by atoms with Crippen LogP contribution in [-0.4, -0.2) is 51.5 Å². The van der Waals surface area contributed by atoms with Gasteiger partial charge in [-0.1, -0.05) is 0 Å². The van der Waals surface area contributed by atoms with Gasteiger partial charge in [-0.3, -0.25) is 0 Å². The summed E-state index contributed by atoms with van der Waals surface area (Å²) >= 11 is 2.93. The van der Waals surface area contributed by atoms with Gasteiger partial charge in [-0.15, -0.1) is 0 Å². The standard InChI is InChI=1S/C4H7NO2Se2/c5-3(4(6)7)1-9-2-8/h2-3H,1,5H2,(H,6,7)/t3-/m1/s1. The molecule has 3 N–H and O–H groups in total. The van der Waals surface area contributed by atoms with E-state index < -0.39 is 12.0 Å². The van der Waals surface area contributed by atoms with Gasteiger partial charge in [0.1, 0.15) is 0 Å². The Morgan fingerprint density at radius 3 is 2.89 bits per heavy atom. The summed E-state index contributed by atoms with van der Waals surface area (Å²) in [4.78, 5) is 10.1. The van der Waals surface area contributed by atoms with E-state index in [9.17, 15) is 4.79 Å². The van der Waals surface area contributed by atoms with E-state index in [-0.39, 0.29) is 15.0 Å². The zero-order valence-corrected chi connectivity index (χ0v) is 8.04. The number of rotatable bonds is 4. The molecule has 0 fully saturated rings. The Labute approximate surface area is 67.5 Å². The van der Waals surface area contributed by atoms with E-state index in [1.165, 1.54) is 0 Å². The number of hydrogen-bond donors (Lipinski definition) is 2. The predicted molar refractivity (Wildman–Crippen MR) is 38.0 cm³/mol. The van der Waals surface area contributed by atoms with Crippen LogP contribution in [0.1, 0.15) is 0 Å². The molecule has 0 bridgehead atoms. The molecule has 9 heavy (non-hydrogen) atoms. The van der Waals surface area contributed by atoms with E-state index in [4.69, 9.17) is 10.8 Å². The fourth-order valence-corrected chi connectivity index (χ4v) is 1.97. The van der Waals surface area contributed by atoms with Crippen LogP contribution in [0.2, 0.25) is 5.32 Å². The van der Waals surface area contributed by atoms with Crippen molar-refractivity contribution in [1.82, 2.24) is 0 Å². The van der Waals surface area contributed by atoms with Crippen LogP contribution in [0, 0.1) is 0 Å². The summed E-state index contributed by atoms with van der Waals surface area (Å²) < 4.78 is 1.84. The number of hydrogen-bond acceptors (Lipinski definition) is 2. The molecule has 0 aliphatic heterocycles. The number of carbonyl (C=O) groups is 1. The van der Waals surface area contributed by atoms with Crippen molar-refractivity contribution in [2.75, 3.05) is 0 Å². The third kappa shape index (κ3) is 4.82. The summed E-state index contributed by atoms with van der Waals surface area (Å²) in [6, 6.07) is -0.686. The van der Waals surface area contributed by atoms with Crippen LogP contribution in [0.3, 0.4) is 0 Å². The quantitative estimate of drug-likeness (QED) is 0.601. The topological polar surface area (TPSA) is 63.3 Å². The third-order valence-electron chi connectivity index (χ3n) is 0.661. The molecule has 1 atom stereocenters. The third-order valence-corrected chi connectivity index (χ3v) is 3.59. The van der Waals surface area contributed by atoms with Crippen molar-refractivity contribution in [3.8, 4) is 0 Å². The first-order valence-corrected chi connectivity index (χ1v) is 5.41. The van der Waals surface area contributed by atoms with Gasteiger partial charge in [-0.2, -0.15) is 0 Å². The minimum absolute atomic E-state index is 0.234. The Morgan fingerprint density at radius 1 is 2.00 bits per heavy atom. The van der Waals surface area contributed by atoms with Crippen LogP contribution in [0.25, 0.3) is 0 Å². The van der Waals surface area contributed by atoms with Gasteiger partial charge in [0, 0.05) is 0 Å². The van der Waals surface area contributed by atoms with Crippen LogP contribution in [0.15, 0.2) is 0 Å². The van der Waals surface area contributed by atoms with E-state index in [2.05, 4.69) is 15.6 Å². The van der Waals surface area contributed by atoms with Gasteiger partial charge in [-0.25, -0.2) is 0 Å². The molecule has 0 aromatic heterocycles. The molecule has 0 aliphatic rings. The zero-order valence-electron chi connectivity index (χ0n) is 4.61. The van der Waals surface area contributed by atoms with Gasteiger partial charge in [-0.05, 0) is 0 Å². The van der Waals surface area contributed by atoms with Crippen LogP contribution >= 0.6 is 0 Å². The van der Waals surface area contributed by atoms with Crippen molar-refractivity contribution >= 4 is 40.3 Å². The van der Waals surface area contributed by atoms with Gasteiger partial charge >= 0.3 is 67.3 Å². The van der Waals surface area contributed by atoms with E-state index in [1.807, 2.05) is 3.82 Å². The molecule has 0 aromatic rings. The van der Waals surface area contributed by atoms with Crippen LogP contribution in [0.5, 0.6) is 0 Å². The molecule has 0 amide bonds. The van der Waals surface area contributed by atoms with E-state index in [0.29, 0.717) is 5.32 Å². The number of carboxylic acids is 1.